The molecule has 0 aromatic carbocycles. The number of rotatable bonds is 1. The third kappa shape index (κ3) is 1.97. The Kier molecular flexibility index (Phi) is 3.49. The molecule has 1 spiro atoms. The number of hydrogen-bond donors (Lipinski definition) is 2. The van der Waals surface area contributed by atoms with Crippen molar-refractivity contribution >= 4 is 0 Å². The molecule has 4 atom stereocenters. The predicted octanol–water partition coefficient (Wildman–Crippen LogP) is 1.85. The molecule has 20 heavy (non-hydrogen) atoms. The van der Waals surface area contributed by atoms with Gasteiger partial charge in [0, 0.05) is 6.42 Å². The first-order valence-electron chi connectivity index (χ1n) is 7.77. The molecule has 1 saturated heterocycles. The van der Waals surface area contributed by atoms with Gasteiger partial charge in [-0.15, -0.1) is 0 Å². The Hall–Kier alpha value is -0.420. The summed E-state index contributed by atoms with van der Waals surface area (Å²) in [6.07, 6.45) is 3.27. The molecular weight excluding hydrogens is 256 g/mol. The van der Waals surface area contributed by atoms with Crippen molar-refractivity contribution < 1.29 is 19.7 Å². The van der Waals surface area contributed by atoms with E-state index in [-0.39, 0.29) is 11.3 Å². The van der Waals surface area contributed by atoms with Crippen LogP contribution in [0.5, 0.6) is 0 Å². The fraction of sp³-hybridized carbons (Fsp3) is 0.875. The minimum atomic E-state index is -0.796. The highest BCUT2D eigenvalue weighted by Crippen LogP contribution is 2.56. The van der Waals surface area contributed by atoms with Crippen molar-refractivity contribution in [2.45, 2.75) is 58.0 Å². The third-order valence-corrected chi connectivity index (χ3v) is 5.50. The molecule has 2 N–H and O–H groups in total. The van der Waals surface area contributed by atoms with Crippen molar-refractivity contribution in [3.8, 4) is 0 Å². The Balaban J connectivity index is 2.04. The summed E-state index contributed by atoms with van der Waals surface area (Å²) in [5, 5.41) is 21.0. The van der Waals surface area contributed by atoms with Crippen LogP contribution in [0.25, 0.3) is 0 Å². The van der Waals surface area contributed by atoms with Gasteiger partial charge in [-0.1, -0.05) is 20.8 Å². The highest BCUT2D eigenvalue weighted by atomic mass is 16.7. The predicted molar refractivity (Wildman–Crippen MR) is 75.0 cm³/mol. The Bertz CT molecular complexity index is 411. The van der Waals surface area contributed by atoms with E-state index < -0.39 is 18.0 Å². The maximum Gasteiger partial charge on any atom is 0.188 e. The van der Waals surface area contributed by atoms with Crippen molar-refractivity contribution in [3.63, 3.8) is 0 Å². The molecule has 0 radical (unpaired) electrons. The van der Waals surface area contributed by atoms with Crippen molar-refractivity contribution in [1.29, 1.82) is 0 Å². The molecular formula is C16H26O4. The Morgan fingerprint density at radius 3 is 2.45 bits per heavy atom. The van der Waals surface area contributed by atoms with Gasteiger partial charge in [0.05, 0.1) is 19.3 Å². The summed E-state index contributed by atoms with van der Waals surface area (Å²) in [6, 6.07) is 0. The second kappa shape index (κ2) is 4.80. The second-order valence-electron chi connectivity index (χ2n) is 7.08. The zero-order chi connectivity index (χ0) is 14.5. The van der Waals surface area contributed by atoms with Gasteiger partial charge in [0.25, 0.3) is 0 Å². The first kappa shape index (κ1) is 14.5. The molecule has 0 aromatic heterocycles. The Labute approximate surface area is 120 Å². The summed E-state index contributed by atoms with van der Waals surface area (Å²) < 4.78 is 11.6. The Morgan fingerprint density at radius 1 is 1.20 bits per heavy atom. The molecule has 1 aliphatic heterocycles. The molecule has 0 unspecified atom stereocenters. The third-order valence-electron chi connectivity index (χ3n) is 5.50. The first-order chi connectivity index (χ1) is 9.40. The lowest BCUT2D eigenvalue weighted by Gasteiger charge is -2.35. The van der Waals surface area contributed by atoms with Crippen molar-refractivity contribution in [3.05, 3.63) is 11.6 Å². The number of aliphatic hydroxyl groups excluding tert-OH is 2. The fourth-order valence-electron chi connectivity index (χ4n) is 4.69. The van der Waals surface area contributed by atoms with Crippen LogP contribution in [0.3, 0.4) is 0 Å². The maximum absolute atomic E-state index is 10.5. The summed E-state index contributed by atoms with van der Waals surface area (Å²) in [6.45, 7) is 7.63. The zero-order valence-electron chi connectivity index (χ0n) is 12.6. The lowest BCUT2D eigenvalue weighted by Crippen LogP contribution is -2.34. The van der Waals surface area contributed by atoms with Crippen molar-refractivity contribution in [2.75, 3.05) is 13.2 Å². The van der Waals surface area contributed by atoms with Crippen LogP contribution in [0.1, 0.15) is 40.0 Å². The van der Waals surface area contributed by atoms with Gasteiger partial charge in [0.2, 0.25) is 0 Å². The van der Waals surface area contributed by atoms with Crippen LogP contribution >= 0.6 is 0 Å². The number of hydrogen-bond acceptors (Lipinski definition) is 4. The van der Waals surface area contributed by atoms with Gasteiger partial charge in [-0.05, 0) is 41.7 Å². The van der Waals surface area contributed by atoms with Crippen LogP contribution in [0, 0.1) is 17.3 Å². The van der Waals surface area contributed by atoms with Gasteiger partial charge >= 0.3 is 0 Å². The van der Waals surface area contributed by atoms with E-state index >= 15 is 0 Å². The molecule has 4 nitrogen and oxygen atoms in total. The maximum atomic E-state index is 10.5. The largest absolute Gasteiger partial charge is 0.390 e. The van der Waals surface area contributed by atoms with Crippen LogP contribution in [0.15, 0.2) is 11.6 Å². The minimum absolute atomic E-state index is 0.0836. The summed E-state index contributed by atoms with van der Waals surface area (Å²) in [4.78, 5) is 0. The monoisotopic (exact) mass is 282 g/mol. The standard InChI is InChI=1S/C16H26O4/c1-10(2)12-14(18)13(17)11-9-16(19-7-8-20-16)6-4-5-15(11,12)3/h9-10,12-14,17-18H,4-8H2,1-3H3/t12-,13-,14+,15-/m0/s1. The highest BCUT2D eigenvalue weighted by molar-refractivity contribution is 5.32. The second-order valence-corrected chi connectivity index (χ2v) is 7.08. The topological polar surface area (TPSA) is 58.9 Å². The average molecular weight is 282 g/mol. The SMILES string of the molecule is CC(C)[C@H]1[C@@H](O)[C@@H](O)C2=CC3(CCC[C@@]21C)OCCO3. The zero-order valence-corrected chi connectivity index (χ0v) is 12.6. The van der Waals surface area contributed by atoms with Crippen LogP contribution in [0.4, 0.5) is 0 Å². The lowest BCUT2D eigenvalue weighted by atomic mass is 9.69. The summed E-state index contributed by atoms with van der Waals surface area (Å²) >= 11 is 0. The number of aliphatic hydroxyl groups is 2. The first-order valence-corrected chi connectivity index (χ1v) is 7.77. The molecule has 1 saturated carbocycles. The molecule has 0 amide bonds. The summed E-state index contributed by atoms with van der Waals surface area (Å²) in [5.74, 6) is -0.255. The number of fused-ring (bicyclic) bond motifs is 1. The van der Waals surface area contributed by atoms with E-state index in [4.69, 9.17) is 9.47 Å². The van der Waals surface area contributed by atoms with Gasteiger partial charge in [0.1, 0.15) is 6.10 Å². The van der Waals surface area contributed by atoms with Crippen LogP contribution in [-0.2, 0) is 9.47 Å². The average Bonchev–Trinajstić information content (AvgIpc) is 2.84. The van der Waals surface area contributed by atoms with Crippen LogP contribution in [0.2, 0.25) is 0 Å². The van der Waals surface area contributed by atoms with Gasteiger partial charge in [0.15, 0.2) is 5.79 Å². The van der Waals surface area contributed by atoms with Crippen LogP contribution in [-0.4, -0.2) is 41.4 Å². The van der Waals surface area contributed by atoms with E-state index in [1.54, 1.807) is 0 Å². The number of ether oxygens (including phenoxy) is 2. The highest BCUT2D eigenvalue weighted by Gasteiger charge is 2.56. The van der Waals surface area contributed by atoms with Gasteiger partial charge in [-0.2, -0.15) is 0 Å². The van der Waals surface area contributed by atoms with E-state index in [1.807, 2.05) is 6.08 Å². The Morgan fingerprint density at radius 2 is 1.85 bits per heavy atom. The smallest absolute Gasteiger partial charge is 0.188 e. The van der Waals surface area contributed by atoms with E-state index in [0.717, 1.165) is 24.8 Å². The molecule has 3 rings (SSSR count). The normalized spacial score (nSPS) is 43.7. The van der Waals surface area contributed by atoms with E-state index in [2.05, 4.69) is 20.8 Å². The van der Waals surface area contributed by atoms with Crippen LogP contribution < -0.4 is 0 Å². The molecule has 114 valence electrons. The molecule has 4 heteroatoms. The molecule has 0 bridgehead atoms. The van der Waals surface area contributed by atoms with E-state index in [1.165, 1.54) is 0 Å². The molecule has 0 aromatic rings. The fourth-order valence-corrected chi connectivity index (χ4v) is 4.69. The summed E-state index contributed by atoms with van der Waals surface area (Å²) in [7, 11) is 0. The molecule has 1 heterocycles. The van der Waals surface area contributed by atoms with E-state index in [0.29, 0.717) is 19.1 Å². The van der Waals surface area contributed by atoms with Crippen molar-refractivity contribution in [1.82, 2.24) is 0 Å². The van der Waals surface area contributed by atoms with Gasteiger partial charge in [-0.25, -0.2) is 0 Å². The molecule has 2 fully saturated rings. The van der Waals surface area contributed by atoms with Crippen molar-refractivity contribution in [2.24, 2.45) is 17.3 Å². The van der Waals surface area contributed by atoms with Gasteiger partial charge < -0.3 is 19.7 Å². The summed E-state index contributed by atoms with van der Waals surface area (Å²) in [5.41, 5.74) is 0.759. The minimum Gasteiger partial charge on any atom is -0.390 e. The quantitative estimate of drug-likeness (QED) is 0.721. The lowest BCUT2D eigenvalue weighted by molar-refractivity contribution is -0.122. The van der Waals surface area contributed by atoms with E-state index in [9.17, 15) is 10.2 Å². The molecule has 3 aliphatic rings. The van der Waals surface area contributed by atoms with Gasteiger partial charge in [-0.3, -0.25) is 0 Å². The molecule has 2 aliphatic carbocycles.